The molecule has 2 aromatic carbocycles. The van der Waals surface area contributed by atoms with E-state index in [-0.39, 0.29) is 11.5 Å². The molecule has 2 aromatic rings. The number of halogens is 2. The summed E-state index contributed by atoms with van der Waals surface area (Å²) in [5, 5.41) is 6.47. The summed E-state index contributed by atoms with van der Waals surface area (Å²) >= 11 is 3.35. The largest absolute Gasteiger partial charge is 0.340 e. The molecule has 0 aromatic heterocycles. The van der Waals surface area contributed by atoms with Crippen molar-refractivity contribution in [3.63, 3.8) is 0 Å². The lowest BCUT2D eigenvalue weighted by Gasteiger charge is -2.20. The van der Waals surface area contributed by atoms with Crippen LogP contribution in [0.15, 0.2) is 58.1 Å². The molecule has 0 saturated carbocycles. The number of carbonyl (C=O) groups excluding carboxylic acids is 2. The molecule has 0 fully saturated rings. The average Bonchev–Trinajstić information content (AvgIpc) is 2.59. The molecule has 7 heteroatoms. The zero-order valence-corrected chi connectivity index (χ0v) is 16.0. The molecule has 0 saturated heterocycles. The third-order valence-electron chi connectivity index (χ3n) is 3.59. The summed E-state index contributed by atoms with van der Waals surface area (Å²) < 4.78 is 14.6. The van der Waals surface area contributed by atoms with Crippen molar-refractivity contribution in [3.05, 3.63) is 69.9 Å². The van der Waals surface area contributed by atoms with Crippen molar-refractivity contribution in [1.82, 2.24) is 10.7 Å². The van der Waals surface area contributed by atoms with Crippen LogP contribution in [0, 0.1) is 11.7 Å². The number of hydrogen-bond donors (Lipinski definition) is 2. The molecule has 2 N–H and O–H groups in total. The first-order valence-corrected chi connectivity index (χ1v) is 8.81. The number of nitrogens with zero attached hydrogens (tertiary/aromatic N) is 1. The summed E-state index contributed by atoms with van der Waals surface area (Å²) in [5.41, 5.74) is 3.10. The highest BCUT2D eigenvalue weighted by atomic mass is 79.9. The third-order valence-corrected chi connectivity index (χ3v) is 4.08. The SMILES string of the molecule is CC(C)C(NC(=O)c1ccccc1F)C(=O)NN=Cc1cccc(Br)c1. The van der Waals surface area contributed by atoms with Crippen LogP contribution in [0.25, 0.3) is 0 Å². The van der Waals surface area contributed by atoms with Gasteiger partial charge in [-0.25, -0.2) is 9.82 Å². The van der Waals surface area contributed by atoms with Gasteiger partial charge in [-0.1, -0.05) is 54.0 Å². The Bertz CT molecular complexity index is 824. The number of hydrazone groups is 1. The highest BCUT2D eigenvalue weighted by Crippen LogP contribution is 2.10. The molecule has 26 heavy (non-hydrogen) atoms. The van der Waals surface area contributed by atoms with Crippen molar-refractivity contribution in [1.29, 1.82) is 0 Å². The standard InChI is InChI=1S/C19H19BrFN3O2/c1-12(2)17(23-18(25)15-8-3-4-9-16(15)21)19(26)24-22-11-13-6-5-7-14(20)10-13/h3-12,17H,1-2H3,(H,23,25)(H,24,26). The molecule has 1 unspecified atom stereocenters. The van der Waals surface area contributed by atoms with Crippen LogP contribution in [-0.4, -0.2) is 24.1 Å². The van der Waals surface area contributed by atoms with E-state index in [1.165, 1.54) is 24.4 Å². The van der Waals surface area contributed by atoms with Gasteiger partial charge in [-0.15, -0.1) is 0 Å². The number of hydrogen-bond acceptors (Lipinski definition) is 3. The Labute approximate surface area is 159 Å². The van der Waals surface area contributed by atoms with E-state index < -0.39 is 23.7 Å². The number of carbonyl (C=O) groups is 2. The van der Waals surface area contributed by atoms with Gasteiger partial charge in [0.15, 0.2) is 0 Å². The lowest BCUT2D eigenvalue weighted by Crippen LogP contribution is -2.48. The number of benzene rings is 2. The van der Waals surface area contributed by atoms with Gasteiger partial charge in [-0.05, 0) is 35.7 Å². The second kappa shape index (κ2) is 9.24. The van der Waals surface area contributed by atoms with Crippen LogP contribution in [0.1, 0.15) is 29.8 Å². The summed E-state index contributed by atoms with van der Waals surface area (Å²) in [6, 6.07) is 12.2. The van der Waals surface area contributed by atoms with E-state index in [4.69, 9.17) is 0 Å². The predicted octanol–water partition coefficient (Wildman–Crippen LogP) is 3.49. The zero-order valence-electron chi connectivity index (χ0n) is 14.4. The molecule has 5 nitrogen and oxygen atoms in total. The van der Waals surface area contributed by atoms with Crippen LogP contribution < -0.4 is 10.7 Å². The second-order valence-electron chi connectivity index (χ2n) is 5.96. The molecule has 0 radical (unpaired) electrons. The van der Waals surface area contributed by atoms with Crippen molar-refractivity contribution >= 4 is 34.0 Å². The van der Waals surface area contributed by atoms with E-state index in [2.05, 4.69) is 31.8 Å². The van der Waals surface area contributed by atoms with Crippen LogP contribution in [0.4, 0.5) is 4.39 Å². The fraction of sp³-hybridized carbons (Fsp3) is 0.211. The Morgan fingerprint density at radius 1 is 1.15 bits per heavy atom. The number of rotatable bonds is 6. The fourth-order valence-electron chi connectivity index (χ4n) is 2.23. The minimum Gasteiger partial charge on any atom is -0.340 e. The average molecular weight is 420 g/mol. The van der Waals surface area contributed by atoms with Crippen LogP contribution in [-0.2, 0) is 4.79 Å². The van der Waals surface area contributed by atoms with Gasteiger partial charge in [-0.3, -0.25) is 9.59 Å². The van der Waals surface area contributed by atoms with E-state index in [0.717, 1.165) is 10.0 Å². The van der Waals surface area contributed by atoms with Crippen molar-refractivity contribution in [2.75, 3.05) is 0 Å². The smallest absolute Gasteiger partial charge is 0.262 e. The minimum absolute atomic E-state index is 0.108. The van der Waals surface area contributed by atoms with E-state index in [9.17, 15) is 14.0 Å². The topological polar surface area (TPSA) is 70.6 Å². The van der Waals surface area contributed by atoms with Gasteiger partial charge in [0.25, 0.3) is 11.8 Å². The van der Waals surface area contributed by atoms with E-state index in [1.807, 2.05) is 24.3 Å². The molecule has 0 aliphatic rings. The fourth-order valence-corrected chi connectivity index (χ4v) is 2.64. The van der Waals surface area contributed by atoms with Crippen LogP contribution in [0.2, 0.25) is 0 Å². The van der Waals surface area contributed by atoms with E-state index >= 15 is 0 Å². The third kappa shape index (κ3) is 5.49. The lowest BCUT2D eigenvalue weighted by molar-refractivity contribution is -0.123. The Morgan fingerprint density at radius 2 is 1.88 bits per heavy atom. The van der Waals surface area contributed by atoms with Crippen LogP contribution in [0.5, 0.6) is 0 Å². The molecular weight excluding hydrogens is 401 g/mol. The predicted molar refractivity (Wildman–Crippen MR) is 102 cm³/mol. The molecule has 2 rings (SSSR count). The monoisotopic (exact) mass is 419 g/mol. The van der Waals surface area contributed by atoms with Crippen molar-refractivity contribution in [2.45, 2.75) is 19.9 Å². The van der Waals surface area contributed by atoms with Gasteiger partial charge in [-0.2, -0.15) is 5.10 Å². The summed E-state index contributed by atoms with van der Waals surface area (Å²) in [5.74, 6) is -1.96. The highest BCUT2D eigenvalue weighted by molar-refractivity contribution is 9.10. The van der Waals surface area contributed by atoms with Crippen molar-refractivity contribution in [3.8, 4) is 0 Å². The first kappa shape index (κ1) is 19.8. The second-order valence-corrected chi connectivity index (χ2v) is 6.88. The Balaban J connectivity index is 2.03. The van der Waals surface area contributed by atoms with Crippen LogP contribution >= 0.6 is 15.9 Å². The summed E-state index contributed by atoms with van der Waals surface area (Å²) in [6.45, 7) is 3.56. The maximum Gasteiger partial charge on any atom is 0.262 e. The molecule has 2 amide bonds. The van der Waals surface area contributed by atoms with E-state index in [1.54, 1.807) is 19.9 Å². The van der Waals surface area contributed by atoms with Gasteiger partial charge < -0.3 is 5.32 Å². The quantitative estimate of drug-likeness (QED) is 0.555. The molecule has 136 valence electrons. The number of nitrogens with one attached hydrogen (secondary N) is 2. The Kier molecular flexibility index (Phi) is 7.03. The summed E-state index contributed by atoms with van der Waals surface area (Å²) in [6.07, 6.45) is 1.50. The first-order valence-electron chi connectivity index (χ1n) is 8.02. The number of amides is 2. The van der Waals surface area contributed by atoms with Gasteiger partial charge in [0.05, 0.1) is 11.8 Å². The van der Waals surface area contributed by atoms with Gasteiger partial charge in [0, 0.05) is 4.47 Å². The van der Waals surface area contributed by atoms with Gasteiger partial charge in [0.1, 0.15) is 11.9 Å². The lowest BCUT2D eigenvalue weighted by atomic mass is 10.0. The first-order chi connectivity index (χ1) is 12.4. The Hall–Kier alpha value is -2.54. The molecule has 0 bridgehead atoms. The van der Waals surface area contributed by atoms with Gasteiger partial charge in [0.2, 0.25) is 0 Å². The molecule has 1 atom stereocenters. The van der Waals surface area contributed by atoms with Crippen molar-refractivity contribution < 1.29 is 14.0 Å². The van der Waals surface area contributed by atoms with Crippen molar-refractivity contribution in [2.24, 2.45) is 11.0 Å². The van der Waals surface area contributed by atoms with E-state index in [0.29, 0.717) is 0 Å². The molecule has 0 spiro atoms. The normalized spacial score (nSPS) is 12.2. The summed E-state index contributed by atoms with van der Waals surface area (Å²) in [7, 11) is 0. The maximum absolute atomic E-state index is 13.7. The maximum atomic E-state index is 13.7. The van der Waals surface area contributed by atoms with Gasteiger partial charge >= 0.3 is 0 Å². The Morgan fingerprint density at radius 3 is 2.54 bits per heavy atom. The minimum atomic E-state index is -0.846. The molecular formula is C19H19BrFN3O2. The molecule has 0 aliphatic heterocycles. The highest BCUT2D eigenvalue weighted by Gasteiger charge is 2.25. The molecule has 0 heterocycles. The van der Waals surface area contributed by atoms with Crippen LogP contribution in [0.3, 0.4) is 0 Å². The molecule has 0 aliphatic carbocycles. The summed E-state index contributed by atoms with van der Waals surface area (Å²) in [4.78, 5) is 24.6. The zero-order chi connectivity index (χ0) is 19.1.